The second kappa shape index (κ2) is 8.31. The maximum atomic E-state index is 12.2. The van der Waals surface area contributed by atoms with Gasteiger partial charge in [0.15, 0.2) is 5.75 Å². The van der Waals surface area contributed by atoms with Crippen LogP contribution in [0.25, 0.3) is 0 Å². The molecular formula is C18H25N3O4. The van der Waals surface area contributed by atoms with E-state index in [1.165, 1.54) is 0 Å². The van der Waals surface area contributed by atoms with E-state index in [-0.39, 0.29) is 25.0 Å². The van der Waals surface area contributed by atoms with Gasteiger partial charge in [-0.25, -0.2) is 4.79 Å². The Kier molecular flexibility index (Phi) is 5.88. The molecule has 1 saturated heterocycles. The van der Waals surface area contributed by atoms with E-state index < -0.39 is 0 Å². The number of anilines is 1. The van der Waals surface area contributed by atoms with Gasteiger partial charge in [0.05, 0.1) is 25.4 Å². The Morgan fingerprint density at radius 3 is 2.88 bits per heavy atom. The van der Waals surface area contributed by atoms with E-state index in [1.807, 2.05) is 25.1 Å². The monoisotopic (exact) mass is 347 g/mol. The van der Waals surface area contributed by atoms with E-state index in [2.05, 4.69) is 10.2 Å². The lowest BCUT2D eigenvalue weighted by Crippen LogP contribution is -2.44. The first-order valence-electron chi connectivity index (χ1n) is 8.75. The molecule has 3 rings (SSSR count). The van der Waals surface area contributed by atoms with Crippen LogP contribution >= 0.6 is 0 Å². The number of ether oxygens (including phenoxy) is 2. The van der Waals surface area contributed by atoms with Gasteiger partial charge in [-0.05, 0) is 37.6 Å². The molecular weight excluding hydrogens is 322 g/mol. The second-order valence-corrected chi connectivity index (χ2v) is 6.46. The zero-order valence-corrected chi connectivity index (χ0v) is 14.6. The number of carbonyl (C=O) groups excluding carboxylic acids is 2. The predicted molar refractivity (Wildman–Crippen MR) is 93.9 cm³/mol. The number of nitrogens with one attached hydrogen (secondary N) is 1. The summed E-state index contributed by atoms with van der Waals surface area (Å²) in [6, 6.07) is 5.66. The molecule has 1 amide bonds. The fourth-order valence-corrected chi connectivity index (χ4v) is 3.09. The highest BCUT2D eigenvalue weighted by Crippen LogP contribution is 2.32. The molecule has 0 saturated carbocycles. The number of benzene rings is 1. The molecule has 0 atom stereocenters. The normalized spacial score (nSPS) is 17.8. The minimum absolute atomic E-state index is 0.0804. The topological polar surface area (TPSA) is 71.1 Å². The Labute approximate surface area is 147 Å². The van der Waals surface area contributed by atoms with E-state index in [1.54, 1.807) is 4.90 Å². The molecule has 7 nitrogen and oxygen atoms in total. The van der Waals surface area contributed by atoms with E-state index in [0.717, 1.165) is 50.5 Å². The summed E-state index contributed by atoms with van der Waals surface area (Å²) in [4.78, 5) is 28.1. The predicted octanol–water partition coefficient (Wildman–Crippen LogP) is 0.559. The van der Waals surface area contributed by atoms with Crippen LogP contribution < -0.4 is 15.0 Å². The number of hydrogen-bond acceptors (Lipinski definition) is 6. The largest absolute Gasteiger partial charge is 0.423 e. The lowest BCUT2D eigenvalue weighted by molar-refractivity contribution is -0.133. The van der Waals surface area contributed by atoms with Gasteiger partial charge in [0, 0.05) is 19.6 Å². The maximum Gasteiger partial charge on any atom is 0.331 e. The Morgan fingerprint density at radius 1 is 1.28 bits per heavy atom. The average Bonchev–Trinajstić information content (AvgIpc) is 2.59. The minimum Gasteiger partial charge on any atom is -0.423 e. The molecule has 1 aromatic rings. The Morgan fingerprint density at radius 2 is 2.08 bits per heavy atom. The zero-order valence-electron chi connectivity index (χ0n) is 14.6. The van der Waals surface area contributed by atoms with Crippen molar-refractivity contribution in [3.8, 4) is 5.75 Å². The smallest absolute Gasteiger partial charge is 0.331 e. The summed E-state index contributed by atoms with van der Waals surface area (Å²) < 4.78 is 10.6. The quantitative estimate of drug-likeness (QED) is 0.461. The van der Waals surface area contributed by atoms with E-state index in [0.29, 0.717) is 12.3 Å². The molecule has 7 heteroatoms. The van der Waals surface area contributed by atoms with Crippen LogP contribution in [0.2, 0.25) is 0 Å². The Bertz CT molecular complexity index is 629. The van der Waals surface area contributed by atoms with Crippen LogP contribution in [0.5, 0.6) is 5.75 Å². The van der Waals surface area contributed by atoms with Crippen molar-refractivity contribution in [2.45, 2.75) is 13.3 Å². The lowest BCUT2D eigenvalue weighted by Gasteiger charge is -2.29. The molecule has 25 heavy (non-hydrogen) atoms. The van der Waals surface area contributed by atoms with Crippen LogP contribution in [0, 0.1) is 6.92 Å². The van der Waals surface area contributed by atoms with Gasteiger partial charge in [-0.3, -0.25) is 9.69 Å². The first kappa shape index (κ1) is 17.7. The summed E-state index contributed by atoms with van der Waals surface area (Å²) in [5.41, 5.74) is 1.80. The molecule has 136 valence electrons. The molecule has 2 heterocycles. The molecule has 0 spiro atoms. The summed E-state index contributed by atoms with van der Waals surface area (Å²) in [5.74, 6) is 0.109. The third kappa shape index (κ3) is 4.93. The maximum absolute atomic E-state index is 12.2. The molecule has 1 aromatic carbocycles. The van der Waals surface area contributed by atoms with Gasteiger partial charge in [-0.15, -0.1) is 0 Å². The molecule has 2 aliphatic rings. The van der Waals surface area contributed by atoms with Crippen molar-refractivity contribution in [3.63, 3.8) is 0 Å². The van der Waals surface area contributed by atoms with Gasteiger partial charge < -0.3 is 19.7 Å². The van der Waals surface area contributed by atoms with Crippen molar-refractivity contribution in [2.24, 2.45) is 0 Å². The second-order valence-electron chi connectivity index (χ2n) is 6.46. The summed E-state index contributed by atoms with van der Waals surface area (Å²) in [6.45, 7) is 7.28. The van der Waals surface area contributed by atoms with Crippen molar-refractivity contribution in [2.75, 3.05) is 57.4 Å². The van der Waals surface area contributed by atoms with Crippen LogP contribution in [0.1, 0.15) is 12.0 Å². The van der Waals surface area contributed by atoms with Gasteiger partial charge in [-0.1, -0.05) is 6.07 Å². The number of amides is 1. The van der Waals surface area contributed by atoms with Gasteiger partial charge in [0.1, 0.15) is 6.54 Å². The third-order valence-corrected chi connectivity index (χ3v) is 4.41. The molecule has 0 unspecified atom stereocenters. The average molecular weight is 347 g/mol. The lowest BCUT2D eigenvalue weighted by atomic mass is 10.1. The highest BCUT2D eigenvalue weighted by atomic mass is 16.5. The van der Waals surface area contributed by atoms with Gasteiger partial charge in [-0.2, -0.15) is 0 Å². The summed E-state index contributed by atoms with van der Waals surface area (Å²) >= 11 is 0. The van der Waals surface area contributed by atoms with Gasteiger partial charge in [0.25, 0.3) is 0 Å². The number of hydrogen-bond donors (Lipinski definition) is 1. The molecule has 0 aromatic heterocycles. The van der Waals surface area contributed by atoms with Crippen molar-refractivity contribution >= 4 is 17.6 Å². The fraction of sp³-hybridized carbons (Fsp3) is 0.556. The first-order valence-corrected chi connectivity index (χ1v) is 8.75. The van der Waals surface area contributed by atoms with Crippen LogP contribution in [-0.4, -0.2) is 69.3 Å². The van der Waals surface area contributed by atoms with E-state index in [4.69, 9.17) is 9.47 Å². The van der Waals surface area contributed by atoms with Crippen molar-refractivity contribution < 1.29 is 19.1 Å². The fourth-order valence-electron chi connectivity index (χ4n) is 3.09. The summed E-state index contributed by atoms with van der Waals surface area (Å²) in [5, 5.41) is 2.94. The number of aryl methyl sites for hydroxylation is 1. The van der Waals surface area contributed by atoms with Gasteiger partial charge >= 0.3 is 5.97 Å². The van der Waals surface area contributed by atoms with E-state index in [9.17, 15) is 9.59 Å². The number of carbonyl (C=O) groups is 2. The van der Waals surface area contributed by atoms with Crippen molar-refractivity contribution in [3.05, 3.63) is 23.8 Å². The van der Waals surface area contributed by atoms with Crippen LogP contribution in [0.15, 0.2) is 18.2 Å². The minimum atomic E-state index is -0.335. The molecule has 1 N–H and O–H groups in total. The molecule has 2 aliphatic heterocycles. The van der Waals surface area contributed by atoms with Crippen LogP contribution in [0.3, 0.4) is 0 Å². The van der Waals surface area contributed by atoms with E-state index >= 15 is 0 Å². The Hall–Kier alpha value is -2.12. The molecule has 0 aliphatic carbocycles. The molecule has 1 fully saturated rings. The van der Waals surface area contributed by atoms with Crippen molar-refractivity contribution in [1.29, 1.82) is 0 Å². The zero-order chi connectivity index (χ0) is 17.6. The highest BCUT2D eigenvalue weighted by molar-refractivity contribution is 5.89. The highest BCUT2D eigenvalue weighted by Gasteiger charge is 2.25. The summed E-state index contributed by atoms with van der Waals surface area (Å²) in [7, 11) is 0. The molecule has 0 bridgehead atoms. The first-order chi connectivity index (χ1) is 12.1. The Balaban J connectivity index is 1.45. The SMILES string of the molecule is Cc1ccc2c(c1)OC(=O)CN2CC(=O)NCCCN1CCOCC1. The standard InChI is InChI=1S/C18H25N3O4/c1-14-3-4-15-16(11-14)25-18(23)13-21(15)12-17(22)19-5-2-6-20-7-9-24-10-8-20/h3-4,11H,2,5-10,12-13H2,1H3,(H,19,22). The van der Waals surface area contributed by atoms with Crippen LogP contribution in [0.4, 0.5) is 5.69 Å². The summed E-state index contributed by atoms with van der Waals surface area (Å²) in [6.07, 6.45) is 0.906. The van der Waals surface area contributed by atoms with Gasteiger partial charge in [0.2, 0.25) is 5.91 Å². The van der Waals surface area contributed by atoms with Crippen LogP contribution in [-0.2, 0) is 14.3 Å². The number of fused-ring (bicyclic) bond motifs is 1. The number of nitrogens with zero attached hydrogens (tertiary/aromatic N) is 2. The number of esters is 1. The molecule has 0 radical (unpaired) electrons. The van der Waals surface area contributed by atoms with Crippen molar-refractivity contribution in [1.82, 2.24) is 10.2 Å². The third-order valence-electron chi connectivity index (χ3n) is 4.41. The number of rotatable bonds is 6. The number of morpholine rings is 1.